The van der Waals surface area contributed by atoms with E-state index >= 15 is 0 Å². The number of hydrogen-bond acceptors (Lipinski definition) is 4. The molecule has 1 saturated carbocycles. The maximum Gasteiger partial charge on any atom is 0.247 e. The van der Waals surface area contributed by atoms with Crippen molar-refractivity contribution in [1.29, 1.82) is 0 Å². The number of rotatable bonds is 5. The molecule has 0 unspecified atom stereocenters. The summed E-state index contributed by atoms with van der Waals surface area (Å²) >= 11 is 0. The molecule has 3 rings (SSSR count). The SMILES string of the molecule is O=C(CCC1CCCC1)Nc1cccc(-c2nnco2)c1. The second kappa shape index (κ2) is 6.52. The van der Waals surface area contributed by atoms with Crippen LogP contribution in [0.3, 0.4) is 0 Å². The van der Waals surface area contributed by atoms with Crippen molar-refractivity contribution in [3.8, 4) is 11.5 Å². The Morgan fingerprint density at radius 2 is 2.19 bits per heavy atom. The van der Waals surface area contributed by atoms with Crippen molar-refractivity contribution in [3.63, 3.8) is 0 Å². The fraction of sp³-hybridized carbons (Fsp3) is 0.438. The van der Waals surface area contributed by atoms with Gasteiger partial charge in [0.15, 0.2) is 0 Å². The summed E-state index contributed by atoms with van der Waals surface area (Å²) in [6, 6.07) is 7.46. The molecule has 1 N–H and O–H groups in total. The van der Waals surface area contributed by atoms with Crippen LogP contribution in [0.5, 0.6) is 0 Å². The lowest BCUT2D eigenvalue weighted by atomic mass is 10.0. The zero-order valence-electron chi connectivity index (χ0n) is 11.9. The minimum Gasteiger partial charge on any atom is -0.423 e. The van der Waals surface area contributed by atoms with Crippen LogP contribution in [-0.4, -0.2) is 16.1 Å². The van der Waals surface area contributed by atoms with E-state index in [0.717, 1.165) is 23.6 Å². The molecule has 110 valence electrons. The molecule has 1 aliphatic carbocycles. The van der Waals surface area contributed by atoms with Crippen LogP contribution < -0.4 is 5.32 Å². The second-order valence-corrected chi connectivity index (χ2v) is 5.56. The van der Waals surface area contributed by atoms with E-state index in [1.54, 1.807) is 0 Å². The highest BCUT2D eigenvalue weighted by Crippen LogP contribution is 2.28. The van der Waals surface area contributed by atoms with Crippen molar-refractivity contribution in [2.75, 3.05) is 5.32 Å². The van der Waals surface area contributed by atoms with Gasteiger partial charge in [-0.1, -0.05) is 31.7 Å². The summed E-state index contributed by atoms with van der Waals surface area (Å²) in [7, 11) is 0. The van der Waals surface area contributed by atoms with Gasteiger partial charge in [-0.05, 0) is 30.5 Å². The number of anilines is 1. The fourth-order valence-electron chi connectivity index (χ4n) is 2.89. The molecule has 0 bridgehead atoms. The van der Waals surface area contributed by atoms with E-state index in [4.69, 9.17) is 4.42 Å². The topological polar surface area (TPSA) is 68.0 Å². The summed E-state index contributed by atoms with van der Waals surface area (Å²) in [6.07, 6.45) is 8.07. The normalized spacial score (nSPS) is 15.2. The monoisotopic (exact) mass is 285 g/mol. The number of nitrogens with zero attached hydrogens (tertiary/aromatic N) is 2. The summed E-state index contributed by atoms with van der Waals surface area (Å²) < 4.78 is 5.16. The highest BCUT2D eigenvalue weighted by Gasteiger charge is 2.16. The third-order valence-corrected chi connectivity index (χ3v) is 4.01. The van der Waals surface area contributed by atoms with E-state index in [2.05, 4.69) is 15.5 Å². The molecule has 1 heterocycles. The van der Waals surface area contributed by atoms with Crippen molar-refractivity contribution < 1.29 is 9.21 Å². The van der Waals surface area contributed by atoms with Crippen LogP contribution >= 0.6 is 0 Å². The molecule has 0 aliphatic heterocycles. The van der Waals surface area contributed by atoms with Crippen molar-refractivity contribution in [2.24, 2.45) is 5.92 Å². The Labute approximate surface area is 123 Å². The largest absolute Gasteiger partial charge is 0.423 e. The van der Waals surface area contributed by atoms with Crippen LogP contribution in [-0.2, 0) is 4.79 Å². The van der Waals surface area contributed by atoms with E-state index in [1.165, 1.54) is 32.1 Å². The third kappa shape index (κ3) is 3.68. The lowest BCUT2D eigenvalue weighted by Gasteiger charge is -2.09. The average molecular weight is 285 g/mol. The Morgan fingerprint density at radius 3 is 2.95 bits per heavy atom. The molecule has 1 amide bonds. The van der Waals surface area contributed by atoms with Crippen LogP contribution in [0.4, 0.5) is 5.69 Å². The molecule has 21 heavy (non-hydrogen) atoms. The number of carbonyl (C=O) groups is 1. The van der Waals surface area contributed by atoms with Gasteiger partial charge in [-0.25, -0.2) is 0 Å². The molecule has 2 aromatic rings. The quantitative estimate of drug-likeness (QED) is 0.910. The van der Waals surface area contributed by atoms with E-state index in [9.17, 15) is 4.79 Å². The minimum absolute atomic E-state index is 0.0737. The van der Waals surface area contributed by atoms with Crippen LogP contribution in [0.25, 0.3) is 11.5 Å². The van der Waals surface area contributed by atoms with E-state index in [0.29, 0.717) is 12.3 Å². The molecular weight excluding hydrogens is 266 g/mol. The maximum atomic E-state index is 12.0. The summed E-state index contributed by atoms with van der Waals surface area (Å²) in [5.41, 5.74) is 1.57. The smallest absolute Gasteiger partial charge is 0.247 e. The van der Waals surface area contributed by atoms with Gasteiger partial charge in [0.05, 0.1) is 0 Å². The molecule has 5 nitrogen and oxygen atoms in total. The molecule has 1 fully saturated rings. The van der Waals surface area contributed by atoms with E-state index in [1.807, 2.05) is 24.3 Å². The first-order valence-electron chi connectivity index (χ1n) is 7.48. The number of amides is 1. The number of aromatic nitrogens is 2. The molecule has 5 heteroatoms. The van der Waals surface area contributed by atoms with Crippen LogP contribution in [0.2, 0.25) is 0 Å². The molecule has 0 spiro atoms. The Balaban J connectivity index is 1.56. The van der Waals surface area contributed by atoms with Gasteiger partial charge in [0.25, 0.3) is 0 Å². The number of carbonyl (C=O) groups excluding carboxylic acids is 1. The van der Waals surface area contributed by atoms with Gasteiger partial charge >= 0.3 is 0 Å². The molecular formula is C16H19N3O2. The maximum absolute atomic E-state index is 12.0. The second-order valence-electron chi connectivity index (χ2n) is 5.56. The van der Waals surface area contributed by atoms with Crippen molar-refractivity contribution in [2.45, 2.75) is 38.5 Å². The Bertz CT molecular complexity index is 589. The highest BCUT2D eigenvalue weighted by atomic mass is 16.4. The van der Waals surface area contributed by atoms with Gasteiger partial charge in [0, 0.05) is 17.7 Å². The Kier molecular flexibility index (Phi) is 4.28. The van der Waals surface area contributed by atoms with Crippen LogP contribution in [0.15, 0.2) is 35.1 Å². The average Bonchev–Trinajstić information content (AvgIpc) is 3.19. The van der Waals surface area contributed by atoms with Crippen molar-refractivity contribution in [1.82, 2.24) is 10.2 Å². The van der Waals surface area contributed by atoms with Gasteiger partial charge in [-0.2, -0.15) is 0 Å². The molecule has 1 aromatic carbocycles. The van der Waals surface area contributed by atoms with Gasteiger partial charge in [0.2, 0.25) is 18.2 Å². The molecule has 0 atom stereocenters. The van der Waals surface area contributed by atoms with Crippen molar-refractivity contribution in [3.05, 3.63) is 30.7 Å². The Hall–Kier alpha value is -2.17. The number of benzene rings is 1. The van der Waals surface area contributed by atoms with Crippen LogP contribution in [0.1, 0.15) is 38.5 Å². The number of nitrogens with one attached hydrogen (secondary N) is 1. The summed E-state index contributed by atoms with van der Waals surface area (Å²) in [4.78, 5) is 12.0. The summed E-state index contributed by atoms with van der Waals surface area (Å²) in [5.74, 6) is 1.27. The highest BCUT2D eigenvalue weighted by molar-refractivity contribution is 5.91. The van der Waals surface area contributed by atoms with E-state index < -0.39 is 0 Å². The van der Waals surface area contributed by atoms with Gasteiger partial charge in [-0.15, -0.1) is 10.2 Å². The van der Waals surface area contributed by atoms with Gasteiger partial charge in [0.1, 0.15) is 0 Å². The van der Waals surface area contributed by atoms with Crippen LogP contribution in [0, 0.1) is 5.92 Å². The van der Waals surface area contributed by atoms with Gasteiger partial charge in [-0.3, -0.25) is 4.79 Å². The predicted molar refractivity (Wildman–Crippen MR) is 79.6 cm³/mol. The summed E-state index contributed by atoms with van der Waals surface area (Å²) in [6.45, 7) is 0. The first-order chi connectivity index (χ1) is 10.3. The fourth-order valence-corrected chi connectivity index (χ4v) is 2.89. The first-order valence-corrected chi connectivity index (χ1v) is 7.48. The number of hydrogen-bond donors (Lipinski definition) is 1. The molecule has 1 aromatic heterocycles. The molecule has 0 radical (unpaired) electrons. The predicted octanol–water partition coefficient (Wildman–Crippen LogP) is 3.65. The van der Waals surface area contributed by atoms with Crippen molar-refractivity contribution >= 4 is 11.6 Å². The zero-order chi connectivity index (χ0) is 14.5. The third-order valence-electron chi connectivity index (χ3n) is 4.01. The molecule has 1 aliphatic rings. The first kappa shape index (κ1) is 13.8. The summed E-state index contributed by atoms with van der Waals surface area (Å²) in [5, 5.41) is 10.5. The van der Waals surface area contributed by atoms with E-state index in [-0.39, 0.29) is 5.91 Å². The van der Waals surface area contributed by atoms with Gasteiger partial charge < -0.3 is 9.73 Å². The molecule has 0 saturated heterocycles. The zero-order valence-corrected chi connectivity index (χ0v) is 11.9. The standard InChI is InChI=1S/C16H19N3O2/c20-15(9-8-12-4-1-2-5-12)18-14-7-3-6-13(10-14)16-19-17-11-21-16/h3,6-7,10-12H,1-2,4-5,8-9H2,(H,18,20). The Morgan fingerprint density at radius 1 is 1.33 bits per heavy atom. The minimum atomic E-state index is 0.0737. The lowest BCUT2D eigenvalue weighted by Crippen LogP contribution is -2.12. The lowest BCUT2D eigenvalue weighted by molar-refractivity contribution is -0.116.